The zero-order valence-corrected chi connectivity index (χ0v) is 11.5. The Morgan fingerprint density at radius 2 is 1.89 bits per heavy atom. The van der Waals surface area contributed by atoms with Gasteiger partial charge >= 0.3 is 0 Å². The van der Waals surface area contributed by atoms with Gasteiger partial charge in [0.25, 0.3) is 0 Å². The maximum Gasteiger partial charge on any atom is 0.133 e. The zero-order valence-electron chi connectivity index (χ0n) is 11.5. The summed E-state index contributed by atoms with van der Waals surface area (Å²) in [4.78, 5) is 3.12. The van der Waals surface area contributed by atoms with Gasteiger partial charge in [-0.05, 0) is 44.0 Å². The third-order valence-corrected chi connectivity index (χ3v) is 3.63. The molecule has 4 heteroatoms. The molecule has 2 aromatic rings. The molecule has 1 heterocycles. The Labute approximate surface area is 112 Å². The number of ether oxygens (including phenoxy) is 1. The van der Waals surface area contributed by atoms with Crippen LogP contribution in [-0.4, -0.2) is 17.2 Å². The largest absolute Gasteiger partial charge is 0.496 e. The molecule has 0 spiro atoms. The van der Waals surface area contributed by atoms with Crippen LogP contribution in [-0.2, 0) is 0 Å². The molecule has 0 saturated heterocycles. The molecule has 1 aromatic carbocycles. The van der Waals surface area contributed by atoms with Gasteiger partial charge in [-0.2, -0.15) is 0 Å². The van der Waals surface area contributed by atoms with Crippen LogP contribution in [0.15, 0.2) is 18.2 Å². The summed E-state index contributed by atoms with van der Waals surface area (Å²) in [5.41, 5.74) is 3.76. The normalized spacial score (nSPS) is 12.5. The molecular formula is C15H18FNO2. The second kappa shape index (κ2) is 5.05. The number of benzene rings is 1. The van der Waals surface area contributed by atoms with Crippen LogP contribution >= 0.6 is 0 Å². The molecule has 0 fully saturated rings. The average molecular weight is 263 g/mol. The van der Waals surface area contributed by atoms with Gasteiger partial charge in [0, 0.05) is 5.69 Å². The lowest BCUT2D eigenvalue weighted by molar-refractivity contribution is 0.204. The van der Waals surface area contributed by atoms with Crippen molar-refractivity contribution in [3.05, 3.63) is 52.1 Å². The quantitative estimate of drug-likeness (QED) is 0.893. The van der Waals surface area contributed by atoms with Crippen LogP contribution in [0.2, 0.25) is 0 Å². The van der Waals surface area contributed by atoms with Gasteiger partial charge in [0.1, 0.15) is 17.7 Å². The van der Waals surface area contributed by atoms with Gasteiger partial charge in [-0.15, -0.1) is 0 Å². The second-order valence-corrected chi connectivity index (χ2v) is 4.67. The first-order valence-electron chi connectivity index (χ1n) is 6.13. The lowest BCUT2D eigenvalue weighted by Gasteiger charge is -2.15. The Morgan fingerprint density at radius 3 is 2.42 bits per heavy atom. The maximum absolute atomic E-state index is 14.0. The van der Waals surface area contributed by atoms with E-state index in [-0.39, 0.29) is 5.56 Å². The number of nitrogens with one attached hydrogen (secondary N) is 1. The predicted octanol–water partition coefficient (Wildman–Crippen LogP) is 3.17. The van der Waals surface area contributed by atoms with Crippen molar-refractivity contribution in [1.29, 1.82) is 0 Å². The molecule has 0 aliphatic rings. The average Bonchev–Trinajstić information content (AvgIpc) is 2.65. The summed E-state index contributed by atoms with van der Waals surface area (Å²) in [6.07, 6.45) is -1.07. The summed E-state index contributed by atoms with van der Waals surface area (Å²) in [5, 5.41) is 10.5. The Kier molecular flexibility index (Phi) is 3.62. The summed E-state index contributed by atoms with van der Waals surface area (Å²) in [7, 11) is 1.46. The third kappa shape index (κ3) is 2.24. The summed E-state index contributed by atoms with van der Waals surface area (Å²) in [6, 6.07) is 4.52. The first-order valence-corrected chi connectivity index (χ1v) is 6.13. The molecule has 1 unspecified atom stereocenters. The Balaban J connectivity index is 2.55. The molecule has 1 atom stereocenters. The summed E-state index contributed by atoms with van der Waals surface area (Å²) < 4.78 is 19.1. The van der Waals surface area contributed by atoms with Crippen LogP contribution < -0.4 is 4.74 Å². The van der Waals surface area contributed by atoms with Crippen molar-refractivity contribution in [2.45, 2.75) is 26.9 Å². The number of hydrogen-bond acceptors (Lipinski definition) is 2. The highest BCUT2D eigenvalue weighted by Crippen LogP contribution is 2.34. The van der Waals surface area contributed by atoms with Crippen molar-refractivity contribution in [3.8, 4) is 5.75 Å². The molecule has 19 heavy (non-hydrogen) atoms. The molecule has 3 nitrogen and oxygen atoms in total. The van der Waals surface area contributed by atoms with Crippen LogP contribution in [0.1, 0.15) is 34.2 Å². The lowest BCUT2D eigenvalue weighted by atomic mass is 10.0. The molecular weight excluding hydrogens is 245 g/mol. The van der Waals surface area contributed by atoms with E-state index in [2.05, 4.69) is 4.98 Å². The zero-order chi connectivity index (χ0) is 14.2. The highest BCUT2D eigenvalue weighted by atomic mass is 19.1. The standard InChI is InChI=1S/C15H18FNO2/c1-8-9(2)14(17-10(8)3)15(18)13-11(16)6-5-7-12(13)19-4/h5-7,15,17-18H,1-4H3. The number of aryl methyl sites for hydroxylation is 1. The van der Waals surface area contributed by atoms with Gasteiger partial charge < -0.3 is 14.8 Å². The number of aliphatic hydroxyl groups is 1. The van der Waals surface area contributed by atoms with Crippen molar-refractivity contribution in [3.63, 3.8) is 0 Å². The van der Waals surface area contributed by atoms with Crippen molar-refractivity contribution < 1.29 is 14.2 Å². The SMILES string of the molecule is COc1cccc(F)c1C(O)c1[nH]c(C)c(C)c1C. The molecule has 2 N–H and O–H groups in total. The first kappa shape index (κ1) is 13.6. The Hall–Kier alpha value is -1.81. The van der Waals surface area contributed by atoms with Gasteiger partial charge in [-0.1, -0.05) is 6.07 Å². The van der Waals surface area contributed by atoms with Crippen molar-refractivity contribution in [1.82, 2.24) is 4.98 Å². The van der Waals surface area contributed by atoms with E-state index < -0.39 is 11.9 Å². The van der Waals surface area contributed by atoms with E-state index in [9.17, 15) is 9.50 Å². The van der Waals surface area contributed by atoms with E-state index in [1.807, 2.05) is 20.8 Å². The number of aromatic amines is 1. The van der Waals surface area contributed by atoms with Crippen molar-refractivity contribution >= 4 is 0 Å². The molecule has 0 bridgehead atoms. The van der Waals surface area contributed by atoms with E-state index in [1.165, 1.54) is 13.2 Å². The molecule has 102 valence electrons. The molecule has 0 amide bonds. The highest BCUT2D eigenvalue weighted by molar-refractivity contribution is 5.44. The maximum atomic E-state index is 14.0. The molecule has 0 aliphatic heterocycles. The molecule has 0 radical (unpaired) electrons. The van der Waals surface area contributed by atoms with Crippen LogP contribution in [0.5, 0.6) is 5.75 Å². The number of halogens is 1. The number of aliphatic hydroxyl groups excluding tert-OH is 1. The highest BCUT2D eigenvalue weighted by Gasteiger charge is 2.23. The summed E-state index contributed by atoms with van der Waals surface area (Å²) in [5.74, 6) is -0.132. The monoisotopic (exact) mass is 263 g/mol. The fourth-order valence-electron chi connectivity index (χ4n) is 2.25. The topological polar surface area (TPSA) is 45.2 Å². The minimum Gasteiger partial charge on any atom is -0.496 e. The lowest BCUT2D eigenvalue weighted by Crippen LogP contribution is -2.07. The number of aromatic nitrogens is 1. The third-order valence-electron chi connectivity index (χ3n) is 3.63. The number of rotatable bonds is 3. The molecule has 1 aromatic heterocycles. The number of H-pyrrole nitrogens is 1. The smallest absolute Gasteiger partial charge is 0.133 e. The fraction of sp³-hybridized carbons (Fsp3) is 0.333. The van der Waals surface area contributed by atoms with Crippen LogP contribution in [0, 0.1) is 26.6 Å². The number of hydrogen-bond donors (Lipinski definition) is 2. The van der Waals surface area contributed by atoms with E-state index in [1.54, 1.807) is 12.1 Å². The molecule has 0 saturated carbocycles. The Bertz CT molecular complexity index is 604. The van der Waals surface area contributed by atoms with Gasteiger partial charge in [0.2, 0.25) is 0 Å². The second-order valence-electron chi connectivity index (χ2n) is 4.67. The molecule has 0 aliphatic carbocycles. The minimum absolute atomic E-state index is 0.161. The van der Waals surface area contributed by atoms with E-state index >= 15 is 0 Å². The van der Waals surface area contributed by atoms with Crippen molar-refractivity contribution in [2.24, 2.45) is 0 Å². The number of methoxy groups -OCH3 is 1. The van der Waals surface area contributed by atoms with Gasteiger partial charge in [0.05, 0.1) is 18.4 Å². The fourth-order valence-corrected chi connectivity index (χ4v) is 2.25. The summed E-state index contributed by atoms with van der Waals surface area (Å²) in [6.45, 7) is 5.80. The predicted molar refractivity (Wildman–Crippen MR) is 72.0 cm³/mol. The molecule has 2 rings (SSSR count). The van der Waals surface area contributed by atoms with Crippen LogP contribution in [0.4, 0.5) is 4.39 Å². The Morgan fingerprint density at radius 1 is 1.21 bits per heavy atom. The first-order chi connectivity index (χ1) is 8.97. The van der Waals surface area contributed by atoms with Gasteiger partial charge in [-0.3, -0.25) is 0 Å². The summed E-state index contributed by atoms with van der Waals surface area (Å²) >= 11 is 0. The van der Waals surface area contributed by atoms with E-state index in [0.29, 0.717) is 11.4 Å². The van der Waals surface area contributed by atoms with E-state index in [0.717, 1.165) is 16.8 Å². The van der Waals surface area contributed by atoms with Crippen LogP contribution in [0.3, 0.4) is 0 Å². The van der Waals surface area contributed by atoms with Crippen LogP contribution in [0.25, 0.3) is 0 Å². The van der Waals surface area contributed by atoms with Gasteiger partial charge in [-0.25, -0.2) is 4.39 Å². The van der Waals surface area contributed by atoms with Crippen molar-refractivity contribution in [2.75, 3.05) is 7.11 Å². The van der Waals surface area contributed by atoms with Gasteiger partial charge in [0.15, 0.2) is 0 Å². The van der Waals surface area contributed by atoms with E-state index in [4.69, 9.17) is 4.74 Å². The minimum atomic E-state index is -1.07.